The second kappa shape index (κ2) is 9.30. The number of benzene rings is 1. The van der Waals surface area contributed by atoms with Gasteiger partial charge in [-0.05, 0) is 68.2 Å². The van der Waals surface area contributed by atoms with Crippen molar-refractivity contribution in [2.24, 2.45) is 5.92 Å². The Morgan fingerprint density at radius 2 is 2.10 bits per heavy atom. The summed E-state index contributed by atoms with van der Waals surface area (Å²) in [7, 11) is 0. The van der Waals surface area contributed by atoms with E-state index < -0.39 is 0 Å². The van der Waals surface area contributed by atoms with Crippen LogP contribution < -0.4 is 5.32 Å². The normalized spacial score (nSPS) is 18.2. The highest BCUT2D eigenvalue weighted by Gasteiger charge is 2.34. The zero-order valence-corrected chi connectivity index (χ0v) is 17.8. The van der Waals surface area contributed by atoms with E-state index in [9.17, 15) is 14.4 Å². The molecule has 0 bridgehead atoms. The topological polar surface area (TPSA) is 69.0 Å². The van der Waals surface area contributed by atoms with Crippen molar-refractivity contribution in [2.75, 3.05) is 18.4 Å². The maximum atomic E-state index is 13.1. The van der Waals surface area contributed by atoms with Crippen molar-refractivity contribution in [1.82, 2.24) is 9.88 Å². The third-order valence-corrected chi connectivity index (χ3v) is 5.95. The molecule has 0 unspecified atom stereocenters. The van der Waals surface area contributed by atoms with Crippen molar-refractivity contribution < 1.29 is 9.18 Å². The first-order valence-corrected chi connectivity index (χ1v) is 10.9. The zero-order valence-electron chi connectivity index (χ0n) is 17.8. The van der Waals surface area contributed by atoms with Crippen LogP contribution in [0.1, 0.15) is 38.2 Å². The van der Waals surface area contributed by atoms with E-state index in [0.717, 1.165) is 60.8 Å². The Kier molecular flexibility index (Phi) is 6.31. The van der Waals surface area contributed by atoms with Crippen molar-refractivity contribution >= 4 is 22.4 Å². The molecular weight excluding hydrogens is 391 g/mol. The summed E-state index contributed by atoms with van der Waals surface area (Å²) in [6, 6.07) is 8.47. The molecule has 0 atom stereocenters. The van der Waals surface area contributed by atoms with Crippen molar-refractivity contribution in [1.29, 1.82) is 5.26 Å². The van der Waals surface area contributed by atoms with Gasteiger partial charge in [-0.1, -0.05) is 12.1 Å². The number of hydrogen-bond acceptors (Lipinski definition) is 4. The van der Waals surface area contributed by atoms with Gasteiger partial charge in [-0.15, -0.1) is 0 Å². The van der Waals surface area contributed by atoms with E-state index in [2.05, 4.69) is 22.4 Å². The number of pyridine rings is 1. The number of carbonyl (C=O) groups excluding carboxylic acids is 1. The number of fused-ring (bicyclic) bond motifs is 1. The Labute approximate surface area is 182 Å². The molecule has 31 heavy (non-hydrogen) atoms. The van der Waals surface area contributed by atoms with E-state index in [1.807, 2.05) is 23.2 Å². The van der Waals surface area contributed by atoms with Crippen LogP contribution in [0.5, 0.6) is 0 Å². The van der Waals surface area contributed by atoms with Crippen molar-refractivity contribution in [3.63, 3.8) is 0 Å². The first-order valence-electron chi connectivity index (χ1n) is 10.9. The average Bonchev–Trinajstić information content (AvgIpc) is 3.62. The van der Waals surface area contributed by atoms with Gasteiger partial charge in [-0.2, -0.15) is 5.26 Å². The molecule has 1 N–H and O–H groups in total. The van der Waals surface area contributed by atoms with Gasteiger partial charge in [0.1, 0.15) is 0 Å². The molecule has 0 radical (unpaired) electrons. The molecule has 160 valence electrons. The van der Waals surface area contributed by atoms with Crippen LogP contribution in [0.25, 0.3) is 10.8 Å². The van der Waals surface area contributed by atoms with Gasteiger partial charge in [-0.3, -0.25) is 9.78 Å². The van der Waals surface area contributed by atoms with Gasteiger partial charge in [0.25, 0.3) is 0 Å². The third-order valence-electron chi connectivity index (χ3n) is 5.95. The van der Waals surface area contributed by atoms with E-state index in [4.69, 9.17) is 0 Å². The number of piperidine rings is 1. The molecule has 1 amide bonds. The molecule has 1 aromatic carbocycles. The molecule has 2 aliphatic rings. The third kappa shape index (κ3) is 5.29. The molecule has 1 saturated carbocycles. The Bertz CT molecular complexity index is 1070. The minimum absolute atomic E-state index is 0.276. The fraction of sp³-hybridized carbons (Fsp3) is 0.400. The maximum absolute atomic E-state index is 13.1. The Morgan fingerprint density at radius 3 is 2.77 bits per heavy atom. The lowest BCUT2D eigenvalue weighted by atomic mass is 10.0. The summed E-state index contributed by atoms with van der Waals surface area (Å²) in [5, 5.41) is 15.0. The summed E-state index contributed by atoms with van der Waals surface area (Å²) in [6.45, 7) is 2.93. The number of carbonyl (C=O) groups is 1. The Balaban J connectivity index is 1.50. The number of allylic oxidation sites excluding steroid dienone is 4. The molecule has 2 aromatic rings. The number of nitrogens with zero attached hydrogens (tertiary/aromatic N) is 3. The van der Waals surface area contributed by atoms with Gasteiger partial charge in [0.2, 0.25) is 5.91 Å². The highest BCUT2D eigenvalue weighted by Crippen LogP contribution is 2.32. The molecule has 4 rings (SSSR count). The zero-order chi connectivity index (χ0) is 21.8. The number of aromatic nitrogens is 1. The monoisotopic (exact) mass is 418 g/mol. The average molecular weight is 419 g/mol. The summed E-state index contributed by atoms with van der Waals surface area (Å²) >= 11 is 0. The summed E-state index contributed by atoms with van der Waals surface area (Å²) in [5.41, 5.74) is 2.37. The summed E-state index contributed by atoms with van der Waals surface area (Å²) in [6.07, 6.45) is 11.1. The van der Waals surface area contributed by atoms with Crippen molar-refractivity contribution in [3.05, 3.63) is 59.7 Å². The number of halogens is 1. The number of anilines is 1. The van der Waals surface area contributed by atoms with E-state index in [1.54, 1.807) is 12.3 Å². The first-order chi connectivity index (χ1) is 15.0. The lowest BCUT2D eigenvalue weighted by Crippen LogP contribution is -2.43. The number of rotatable bonds is 6. The lowest BCUT2D eigenvalue weighted by Gasteiger charge is -2.33. The number of amides is 1. The van der Waals surface area contributed by atoms with Crippen LogP contribution in [0, 0.1) is 17.2 Å². The molecule has 2 heterocycles. The van der Waals surface area contributed by atoms with Crippen molar-refractivity contribution in [2.45, 2.75) is 45.1 Å². The van der Waals surface area contributed by atoms with Gasteiger partial charge in [-0.25, -0.2) is 4.39 Å². The predicted molar refractivity (Wildman–Crippen MR) is 120 cm³/mol. The Hall–Kier alpha value is -3.20. The molecule has 2 fully saturated rings. The fourth-order valence-corrected chi connectivity index (χ4v) is 4.13. The van der Waals surface area contributed by atoms with E-state index in [0.29, 0.717) is 23.9 Å². The lowest BCUT2D eigenvalue weighted by molar-refractivity contribution is -0.133. The molecule has 0 spiro atoms. The second-order valence-electron chi connectivity index (χ2n) is 8.46. The summed E-state index contributed by atoms with van der Waals surface area (Å²) in [4.78, 5) is 18.6. The predicted octanol–water partition coefficient (Wildman–Crippen LogP) is 4.91. The van der Waals surface area contributed by atoms with Crippen LogP contribution in [-0.2, 0) is 11.2 Å². The van der Waals surface area contributed by atoms with Crippen LogP contribution in [-0.4, -0.2) is 34.9 Å². The standard InChI is InChI=1S/C25H27FN4O/c1-17(26)12-19(15-27)3-2-18-13-21-6-9-28-16-23(21)24(14-18)29-22-7-10-30(11-8-22)25(31)20-4-5-20/h3,6,9,12-14,16,20,22,29H,2,4-5,7-8,10-11H2,1H3/b17-12+,19-3+. The number of likely N-dealkylation sites (tertiary alicyclic amines) is 1. The van der Waals surface area contributed by atoms with Crippen LogP contribution in [0.4, 0.5) is 10.1 Å². The smallest absolute Gasteiger partial charge is 0.225 e. The molecule has 1 aliphatic heterocycles. The first kappa shape index (κ1) is 21.0. The molecular formula is C25H27FN4O. The number of nitriles is 1. The SMILES string of the molecule is C/C(F)=C\C(C#N)=C/Cc1cc(NC2CCN(C(=O)C3CC3)CC2)c2cnccc2c1. The number of hydrogen-bond donors (Lipinski definition) is 1. The van der Waals surface area contributed by atoms with Crippen LogP contribution in [0.15, 0.2) is 54.1 Å². The highest BCUT2D eigenvalue weighted by molar-refractivity contribution is 5.94. The highest BCUT2D eigenvalue weighted by atomic mass is 19.1. The van der Waals surface area contributed by atoms with Gasteiger partial charge < -0.3 is 10.2 Å². The van der Waals surface area contributed by atoms with Gasteiger partial charge in [0.05, 0.1) is 17.5 Å². The number of nitrogens with one attached hydrogen (secondary N) is 1. The van der Waals surface area contributed by atoms with Crippen LogP contribution >= 0.6 is 0 Å². The second-order valence-corrected chi connectivity index (χ2v) is 8.46. The fourth-order valence-electron chi connectivity index (χ4n) is 4.13. The summed E-state index contributed by atoms with van der Waals surface area (Å²) in [5.74, 6) is 0.220. The molecule has 1 aliphatic carbocycles. The molecule has 1 saturated heterocycles. The maximum Gasteiger partial charge on any atom is 0.225 e. The van der Waals surface area contributed by atoms with Crippen LogP contribution in [0.3, 0.4) is 0 Å². The minimum Gasteiger partial charge on any atom is -0.382 e. The molecule has 6 heteroatoms. The van der Waals surface area contributed by atoms with Crippen LogP contribution in [0.2, 0.25) is 0 Å². The largest absolute Gasteiger partial charge is 0.382 e. The Morgan fingerprint density at radius 1 is 1.32 bits per heavy atom. The van der Waals surface area contributed by atoms with Gasteiger partial charge in [0.15, 0.2) is 0 Å². The molecule has 5 nitrogen and oxygen atoms in total. The molecule has 1 aromatic heterocycles. The quantitative estimate of drug-likeness (QED) is 0.534. The minimum atomic E-state index is -0.383. The van der Waals surface area contributed by atoms with E-state index in [-0.39, 0.29) is 11.7 Å². The van der Waals surface area contributed by atoms with E-state index in [1.165, 1.54) is 13.0 Å². The summed E-state index contributed by atoms with van der Waals surface area (Å²) < 4.78 is 13.1. The van der Waals surface area contributed by atoms with E-state index >= 15 is 0 Å². The van der Waals surface area contributed by atoms with Crippen molar-refractivity contribution in [3.8, 4) is 6.07 Å². The van der Waals surface area contributed by atoms with Gasteiger partial charge in [0, 0.05) is 48.5 Å². The van der Waals surface area contributed by atoms with Gasteiger partial charge >= 0.3 is 0 Å².